The van der Waals surface area contributed by atoms with Crippen molar-refractivity contribution in [2.75, 3.05) is 11.6 Å². The SMILES string of the molecule is Nc1c(F)cc(Cl)cc1C(O)C(O)CCCl. The van der Waals surface area contributed by atoms with Crippen molar-refractivity contribution < 1.29 is 14.6 Å². The first-order valence-corrected chi connectivity index (χ1v) is 5.55. The second kappa shape index (κ2) is 5.68. The third-order valence-electron chi connectivity index (χ3n) is 2.21. The Bertz CT molecular complexity index is 376. The Morgan fingerprint density at radius 2 is 2.00 bits per heavy atom. The van der Waals surface area contributed by atoms with E-state index in [0.29, 0.717) is 0 Å². The lowest BCUT2D eigenvalue weighted by Gasteiger charge is -2.19. The fourth-order valence-corrected chi connectivity index (χ4v) is 1.76. The Kier molecular flexibility index (Phi) is 4.80. The molecule has 2 unspecified atom stereocenters. The van der Waals surface area contributed by atoms with Gasteiger partial charge in [-0.1, -0.05) is 11.6 Å². The lowest BCUT2D eigenvalue weighted by atomic mass is 10.0. The number of rotatable bonds is 4. The summed E-state index contributed by atoms with van der Waals surface area (Å²) in [7, 11) is 0. The van der Waals surface area contributed by atoms with Crippen LogP contribution in [0.5, 0.6) is 0 Å². The molecule has 0 radical (unpaired) electrons. The molecular formula is C10H12Cl2FNO2. The van der Waals surface area contributed by atoms with Crippen molar-refractivity contribution in [3.05, 3.63) is 28.5 Å². The maximum atomic E-state index is 13.2. The van der Waals surface area contributed by atoms with E-state index in [1.165, 1.54) is 6.07 Å². The zero-order chi connectivity index (χ0) is 12.3. The van der Waals surface area contributed by atoms with Crippen molar-refractivity contribution in [3.8, 4) is 0 Å². The van der Waals surface area contributed by atoms with E-state index in [4.69, 9.17) is 28.9 Å². The molecule has 0 saturated heterocycles. The third-order valence-corrected chi connectivity index (χ3v) is 2.65. The van der Waals surface area contributed by atoms with Crippen molar-refractivity contribution in [2.24, 2.45) is 0 Å². The lowest BCUT2D eigenvalue weighted by molar-refractivity contribution is 0.0173. The first-order chi connectivity index (χ1) is 7.47. The number of hydrogen-bond donors (Lipinski definition) is 3. The van der Waals surface area contributed by atoms with E-state index in [1.807, 2.05) is 0 Å². The van der Waals surface area contributed by atoms with E-state index in [1.54, 1.807) is 0 Å². The molecule has 16 heavy (non-hydrogen) atoms. The molecule has 0 fully saturated rings. The van der Waals surface area contributed by atoms with E-state index in [9.17, 15) is 14.6 Å². The monoisotopic (exact) mass is 267 g/mol. The van der Waals surface area contributed by atoms with Gasteiger partial charge < -0.3 is 15.9 Å². The first-order valence-electron chi connectivity index (χ1n) is 4.64. The van der Waals surface area contributed by atoms with Crippen LogP contribution >= 0.6 is 23.2 Å². The molecule has 0 aliphatic heterocycles. The van der Waals surface area contributed by atoms with Crippen LogP contribution < -0.4 is 5.73 Å². The Morgan fingerprint density at radius 3 is 2.56 bits per heavy atom. The van der Waals surface area contributed by atoms with Gasteiger partial charge in [0.05, 0.1) is 11.8 Å². The predicted molar refractivity (Wildman–Crippen MR) is 62.1 cm³/mol. The smallest absolute Gasteiger partial charge is 0.147 e. The van der Waals surface area contributed by atoms with Crippen LogP contribution in [0, 0.1) is 5.82 Å². The van der Waals surface area contributed by atoms with E-state index in [-0.39, 0.29) is 28.6 Å². The van der Waals surface area contributed by atoms with Crippen LogP contribution in [0.15, 0.2) is 12.1 Å². The van der Waals surface area contributed by atoms with Crippen LogP contribution in [-0.2, 0) is 0 Å². The molecular weight excluding hydrogens is 256 g/mol. The molecule has 0 amide bonds. The molecule has 0 saturated carbocycles. The molecule has 1 aromatic rings. The molecule has 0 aliphatic carbocycles. The zero-order valence-electron chi connectivity index (χ0n) is 8.33. The number of nitrogen functional groups attached to an aromatic ring is 1. The minimum absolute atomic E-state index is 0.0719. The molecule has 0 aromatic heterocycles. The number of nitrogens with two attached hydrogens (primary N) is 1. The van der Waals surface area contributed by atoms with Gasteiger partial charge in [0.15, 0.2) is 0 Å². The van der Waals surface area contributed by atoms with Gasteiger partial charge in [0.25, 0.3) is 0 Å². The molecule has 1 aromatic carbocycles. The second-order valence-corrected chi connectivity index (χ2v) is 4.19. The topological polar surface area (TPSA) is 66.5 Å². The van der Waals surface area contributed by atoms with Crippen LogP contribution in [0.25, 0.3) is 0 Å². The molecule has 2 atom stereocenters. The third kappa shape index (κ3) is 2.98. The van der Waals surface area contributed by atoms with Gasteiger partial charge in [-0.25, -0.2) is 4.39 Å². The van der Waals surface area contributed by atoms with Gasteiger partial charge in [-0.05, 0) is 18.6 Å². The average Bonchev–Trinajstić information content (AvgIpc) is 2.22. The van der Waals surface area contributed by atoms with Crippen molar-refractivity contribution in [1.82, 2.24) is 0 Å². The van der Waals surface area contributed by atoms with Crippen LogP contribution in [-0.4, -0.2) is 22.2 Å². The number of alkyl halides is 1. The summed E-state index contributed by atoms with van der Waals surface area (Å²) >= 11 is 11.1. The molecule has 0 heterocycles. The highest BCUT2D eigenvalue weighted by molar-refractivity contribution is 6.30. The first kappa shape index (κ1) is 13.5. The summed E-state index contributed by atoms with van der Waals surface area (Å²) in [6.45, 7) is 0. The minimum Gasteiger partial charge on any atom is -0.396 e. The normalized spacial score (nSPS) is 14.8. The van der Waals surface area contributed by atoms with Gasteiger partial charge >= 0.3 is 0 Å². The number of anilines is 1. The Hall–Kier alpha value is -0.550. The fraction of sp³-hybridized carbons (Fsp3) is 0.400. The number of aliphatic hydroxyl groups excluding tert-OH is 2. The number of halogens is 3. The van der Waals surface area contributed by atoms with Crippen LogP contribution in [0.3, 0.4) is 0 Å². The van der Waals surface area contributed by atoms with E-state index >= 15 is 0 Å². The largest absolute Gasteiger partial charge is 0.396 e. The molecule has 0 bridgehead atoms. The summed E-state index contributed by atoms with van der Waals surface area (Å²) in [6, 6.07) is 2.36. The van der Waals surface area contributed by atoms with E-state index < -0.39 is 18.0 Å². The molecule has 1 rings (SSSR count). The van der Waals surface area contributed by atoms with Crippen molar-refractivity contribution >= 4 is 28.9 Å². The maximum absolute atomic E-state index is 13.2. The predicted octanol–water partition coefficient (Wildman–Crippen LogP) is 2.08. The molecule has 4 N–H and O–H groups in total. The lowest BCUT2D eigenvalue weighted by Crippen LogP contribution is -2.20. The van der Waals surface area contributed by atoms with Crippen molar-refractivity contribution in [2.45, 2.75) is 18.6 Å². The molecule has 90 valence electrons. The summed E-state index contributed by atoms with van der Waals surface area (Å²) in [5, 5.41) is 19.4. The highest BCUT2D eigenvalue weighted by Crippen LogP contribution is 2.29. The molecule has 0 spiro atoms. The highest BCUT2D eigenvalue weighted by atomic mass is 35.5. The van der Waals surface area contributed by atoms with Gasteiger partial charge in [-0.15, -0.1) is 11.6 Å². The highest BCUT2D eigenvalue weighted by Gasteiger charge is 2.22. The Labute approximate surface area is 103 Å². The summed E-state index contributed by atoms with van der Waals surface area (Å²) in [5.74, 6) is -0.541. The maximum Gasteiger partial charge on any atom is 0.147 e. The van der Waals surface area contributed by atoms with Gasteiger partial charge in [0, 0.05) is 16.5 Å². The quantitative estimate of drug-likeness (QED) is 0.578. The van der Waals surface area contributed by atoms with Gasteiger partial charge in [0.2, 0.25) is 0 Å². The van der Waals surface area contributed by atoms with Crippen LogP contribution in [0.4, 0.5) is 10.1 Å². The number of benzene rings is 1. The van der Waals surface area contributed by atoms with Gasteiger partial charge in [-0.2, -0.15) is 0 Å². The Balaban J connectivity index is 3.03. The van der Waals surface area contributed by atoms with Crippen LogP contribution in [0.2, 0.25) is 5.02 Å². The fourth-order valence-electron chi connectivity index (χ4n) is 1.33. The molecule has 6 heteroatoms. The van der Waals surface area contributed by atoms with E-state index in [2.05, 4.69) is 0 Å². The van der Waals surface area contributed by atoms with E-state index in [0.717, 1.165) is 6.07 Å². The van der Waals surface area contributed by atoms with Gasteiger partial charge in [0.1, 0.15) is 11.9 Å². The minimum atomic E-state index is -1.30. The average molecular weight is 268 g/mol. The Morgan fingerprint density at radius 1 is 1.38 bits per heavy atom. The van der Waals surface area contributed by atoms with Crippen molar-refractivity contribution in [3.63, 3.8) is 0 Å². The van der Waals surface area contributed by atoms with Crippen LogP contribution in [0.1, 0.15) is 18.1 Å². The number of hydrogen-bond acceptors (Lipinski definition) is 3. The molecule has 3 nitrogen and oxygen atoms in total. The molecule has 0 aliphatic rings. The zero-order valence-corrected chi connectivity index (χ0v) is 9.84. The summed E-state index contributed by atoms with van der Waals surface area (Å²) in [6.07, 6.45) is -2.22. The number of aliphatic hydroxyl groups is 2. The van der Waals surface area contributed by atoms with Crippen molar-refractivity contribution in [1.29, 1.82) is 0 Å². The summed E-state index contributed by atoms with van der Waals surface area (Å²) in [4.78, 5) is 0. The summed E-state index contributed by atoms with van der Waals surface area (Å²) in [5.41, 5.74) is 5.30. The van der Waals surface area contributed by atoms with Gasteiger partial charge in [-0.3, -0.25) is 0 Å². The second-order valence-electron chi connectivity index (χ2n) is 3.38. The summed E-state index contributed by atoms with van der Waals surface area (Å²) < 4.78 is 13.2. The standard InChI is InChI=1S/C10H12Cl2FNO2/c11-2-1-8(15)10(16)6-3-5(12)4-7(13)9(6)14/h3-4,8,10,15-16H,1-2,14H2.